The van der Waals surface area contributed by atoms with Crippen molar-refractivity contribution in [1.82, 2.24) is 0 Å². The number of hydrogen-bond donors (Lipinski definition) is 1. The van der Waals surface area contributed by atoms with Gasteiger partial charge in [-0.3, -0.25) is 4.79 Å². The van der Waals surface area contributed by atoms with E-state index < -0.39 is 54.3 Å². The van der Waals surface area contributed by atoms with Crippen LogP contribution >= 0.6 is 0 Å². The van der Waals surface area contributed by atoms with Gasteiger partial charge in [0.25, 0.3) is 0 Å². The summed E-state index contributed by atoms with van der Waals surface area (Å²) < 4.78 is 18.6. The van der Waals surface area contributed by atoms with Crippen LogP contribution in [0, 0.1) is 0 Å². The molecule has 0 fully saturated rings. The highest BCUT2D eigenvalue weighted by atomic mass is 16.6. The highest BCUT2D eigenvalue weighted by Gasteiger charge is 2.29. The summed E-state index contributed by atoms with van der Waals surface area (Å²) in [4.78, 5) is 56.1. The summed E-state index contributed by atoms with van der Waals surface area (Å²) in [5.41, 5.74) is 0. The first-order valence-electron chi connectivity index (χ1n) is 6.97. The Hall–Kier alpha value is -2.65. The summed E-state index contributed by atoms with van der Waals surface area (Å²) in [5, 5.41) is 8.62. The summed E-state index contributed by atoms with van der Waals surface area (Å²) in [6, 6.07) is 0. The highest BCUT2D eigenvalue weighted by Crippen LogP contribution is 2.05. The minimum atomic E-state index is -1.40. The first kappa shape index (κ1) is 21.4. The quantitative estimate of drug-likeness (QED) is 0.463. The summed E-state index contributed by atoms with van der Waals surface area (Å²) in [6.45, 7) is 5.86. The summed E-state index contributed by atoms with van der Waals surface area (Å²) in [5.74, 6) is -5.14. The first-order valence-corrected chi connectivity index (χ1v) is 6.97. The molecule has 0 spiro atoms. The highest BCUT2D eigenvalue weighted by molar-refractivity contribution is 5.85. The maximum Gasteiger partial charge on any atom is 0.347 e. The molecule has 1 N–H and O–H groups in total. The van der Waals surface area contributed by atoms with Crippen LogP contribution in [0.1, 0.15) is 34.6 Å². The Morgan fingerprint density at radius 3 is 1.21 bits per heavy atom. The normalized spacial score (nSPS) is 15.2. The molecule has 136 valence electrons. The molecule has 0 aliphatic heterocycles. The number of carbonyl (C=O) groups is 5. The Morgan fingerprint density at radius 2 is 0.917 bits per heavy atom. The molecule has 0 saturated heterocycles. The molecular weight excluding hydrogens is 328 g/mol. The molecule has 0 bridgehead atoms. The minimum Gasteiger partial charge on any atom is -0.479 e. The number of esters is 4. The van der Waals surface area contributed by atoms with Gasteiger partial charge in [-0.05, 0) is 27.7 Å². The summed E-state index contributed by atoms with van der Waals surface area (Å²) >= 11 is 0. The molecular formula is C14H20O10. The lowest BCUT2D eigenvalue weighted by molar-refractivity contribution is -0.184. The molecule has 0 aliphatic carbocycles. The fraction of sp³-hybridized carbons (Fsp3) is 0.643. The lowest BCUT2D eigenvalue weighted by Crippen LogP contribution is -2.37. The molecule has 0 amide bonds. The average Bonchev–Trinajstić information content (AvgIpc) is 2.45. The Kier molecular flexibility index (Phi) is 8.43. The van der Waals surface area contributed by atoms with Gasteiger partial charge in [-0.1, -0.05) is 0 Å². The van der Waals surface area contributed by atoms with Crippen molar-refractivity contribution in [1.29, 1.82) is 0 Å². The van der Waals surface area contributed by atoms with Crippen LogP contribution in [0.25, 0.3) is 0 Å². The number of carboxylic acid groups (broad SMARTS) is 1. The number of carbonyl (C=O) groups excluding carboxylic acids is 4. The van der Waals surface area contributed by atoms with Gasteiger partial charge in [-0.2, -0.15) is 0 Å². The largest absolute Gasteiger partial charge is 0.479 e. The molecule has 0 aromatic carbocycles. The smallest absolute Gasteiger partial charge is 0.347 e. The molecule has 0 aromatic heterocycles. The van der Waals surface area contributed by atoms with E-state index in [1.165, 1.54) is 20.8 Å². The first-order chi connectivity index (χ1) is 11.0. The van der Waals surface area contributed by atoms with Gasteiger partial charge < -0.3 is 24.1 Å². The lowest BCUT2D eigenvalue weighted by Gasteiger charge is -2.18. The molecule has 0 unspecified atom stereocenters. The molecule has 10 heteroatoms. The Bertz CT molecular complexity index is 512. The SMILES string of the molecule is CC(=O)O[C@@H](C)C(=O)O[C@H](C)C(=O)O[C@H](C)C(=O)O[C@H](C)C(=O)O. The van der Waals surface area contributed by atoms with E-state index >= 15 is 0 Å². The molecule has 24 heavy (non-hydrogen) atoms. The van der Waals surface area contributed by atoms with Crippen LogP contribution in [-0.2, 0) is 42.9 Å². The monoisotopic (exact) mass is 348 g/mol. The zero-order valence-electron chi connectivity index (χ0n) is 13.9. The van der Waals surface area contributed by atoms with Gasteiger partial charge in [0.2, 0.25) is 0 Å². The van der Waals surface area contributed by atoms with Crippen LogP contribution in [0.4, 0.5) is 0 Å². The fourth-order valence-corrected chi connectivity index (χ4v) is 1.25. The van der Waals surface area contributed by atoms with E-state index in [4.69, 9.17) is 14.6 Å². The standard InChI is InChI=1S/C14H20O10/c1-6(11(16)17)22-13(19)8(3)24-14(20)9(4)23-12(18)7(2)21-10(5)15/h6-9H,1-5H3,(H,16,17)/t6-,7+,8-,9-/m1/s1. The Labute approximate surface area is 138 Å². The van der Waals surface area contributed by atoms with Crippen molar-refractivity contribution in [2.75, 3.05) is 0 Å². The van der Waals surface area contributed by atoms with E-state index in [-0.39, 0.29) is 0 Å². The van der Waals surface area contributed by atoms with Crippen molar-refractivity contribution in [3.8, 4) is 0 Å². The van der Waals surface area contributed by atoms with Crippen LogP contribution in [0.2, 0.25) is 0 Å². The van der Waals surface area contributed by atoms with Gasteiger partial charge in [0.15, 0.2) is 24.4 Å². The second kappa shape index (κ2) is 9.48. The number of rotatable bonds is 8. The second-order valence-electron chi connectivity index (χ2n) is 4.83. The maximum absolute atomic E-state index is 11.7. The van der Waals surface area contributed by atoms with E-state index in [9.17, 15) is 24.0 Å². The zero-order chi connectivity index (χ0) is 19.0. The maximum atomic E-state index is 11.7. The van der Waals surface area contributed by atoms with Crippen LogP contribution < -0.4 is 0 Å². The topological polar surface area (TPSA) is 143 Å². The Morgan fingerprint density at radius 1 is 0.625 bits per heavy atom. The van der Waals surface area contributed by atoms with Crippen molar-refractivity contribution in [2.45, 2.75) is 59.0 Å². The summed E-state index contributed by atoms with van der Waals surface area (Å²) in [6.07, 6.45) is -5.39. The van der Waals surface area contributed by atoms with E-state index in [1.807, 2.05) is 0 Å². The zero-order valence-corrected chi connectivity index (χ0v) is 13.9. The predicted molar refractivity (Wildman–Crippen MR) is 75.5 cm³/mol. The van der Waals surface area contributed by atoms with Crippen LogP contribution in [0.5, 0.6) is 0 Å². The van der Waals surface area contributed by atoms with Crippen molar-refractivity contribution in [2.24, 2.45) is 0 Å². The molecule has 0 saturated carbocycles. The van der Waals surface area contributed by atoms with E-state index in [0.717, 1.165) is 13.8 Å². The second-order valence-corrected chi connectivity index (χ2v) is 4.83. The third-order valence-electron chi connectivity index (χ3n) is 2.57. The molecule has 4 atom stereocenters. The molecule has 0 aromatic rings. The third kappa shape index (κ3) is 7.56. The number of aliphatic carboxylic acids is 1. The van der Waals surface area contributed by atoms with Gasteiger partial charge in [0.1, 0.15) is 0 Å². The van der Waals surface area contributed by atoms with Crippen LogP contribution in [0.15, 0.2) is 0 Å². The van der Waals surface area contributed by atoms with E-state index in [2.05, 4.69) is 9.47 Å². The lowest BCUT2D eigenvalue weighted by atomic mass is 10.3. The van der Waals surface area contributed by atoms with Gasteiger partial charge in [0, 0.05) is 6.92 Å². The number of ether oxygens (including phenoxy) is 4. The molecule has 0 heterocycles. The average molecular weight is 348 g/mol. The van der Waals surface area contributed by atoms with Gasteiger partial charge in [-0.15, -0.1) is 0 Å². The van der Waals surface area contributed by atoms with Gasteiger partial charge in [-0.25, -0.2) is 19.2 Å². The molecule has 0 rings (SSSR count). The van der Waals surface area contributed by atoms with Gasteiger partial charge >= 0.3 is 29.8 Å². The summed E-state index contributed by atoms with van der Waals surface area (Å²) in [7, 11) is 0. The number of carboxylic acids is 1. The van der Waals surface area contributed by atoms with E-state index in [1.54, 1.807) is 0 Å². The molecule has 0 radical (unpaired) electrons. The number of hydrogen-bond acceptors (Lipinski definition) is 9. The predicted octanol–water partition coefficient (Wildman–Crippen LogP) is -0.182. The van der Waals surface area contributed by atoms with Crippen molar-refractivity contribution < 1.29 is 48.0 Å². The van der Waals surface area contributed by atoms with Crippen LogP contribution in [-0.4, -0.2) is 59.4 Å². The molecule has 10 nitrogen and oxygen atoms in total. The van der Waals surface area contributed by atoms with Gasteiger partial charge in [0.05, 0.1) is 0 Å². The van der Waals surface area contributed by atoms with Crippen LogP contribution in [0.3, 0.4) is 0 Å². The molecule has 0 aliphatic rings. The van der Waals surface area contributed by atoms with E-state index in [0.29, 0.717) is 0 Å². The van der Waals surface area contributed by atoms with Crippen molar-refractivity contribution in [3.05, 3.63) is 0 Å². The Balaban J connectivity index is 4.48. The third-order valence-corrected chi connectivity index (χ3v) is 2.57. The minimum absolute atomic E-state index is 0.696. The van der Waals surface area contributed by atoms with Crippen molar-refractivity contribution in [3.63, 3.8) is 0 Å². The van der Waals surface area contributed by atoms with Crippen molar-refractivity contribution >= 4 is 29.8 Å². The fourth-order valence-electron chi connectivity index (χ4n) is 1.25.